The molecule has 2 aromatic heterocycles. The Labute approximate surface area is 283 Å². The van der Waals surface area contributed by atoms with E-state index in [9.17, 15) is 0 Å². The number of fused-ring (bicyclic) bond motifs is 8. The summed E-state index contributed by atoms with van der Waals surface area (Å²) < 4.78 is 8.98. The summed E-state index contributed by atoms with van der Waals surface area (Å²) >= 11 is 0. The summed E-state index contributed by atoms with van der Waals surface area (Å²) in [6, 6.07) is 64.9. The van der Waals surface area contributed by atoms with E-state index in [2.05, 4.69) is 179 Å². The first-order valence-corrected chi connectivity index (χ1v) is 16.7. The third kappa shape index (κ3) is 4.37. The summed E-state index contributed by atoms with van der Waals surface area (Å²) in [6.45, 7) is 0. The average Bonchev–Trinajstić information content (AvgIpc) is 3.73. The summed E-state index contributed by atoms with van der Waals surface area (Å²) in [7, 11) is 0. The molecule has 0 spiro atoms. The van der Waals surface area contributed by atoms with Crippen LogP contribution in [0, 0.1) is 0 Å². The normalized spacial score (nSPS) is 11.7. The molecule has 230 valence electrons. The van der Waals surface area contributed by atoms with Gasteiger partial charge in [0.1, 0.15) is 5.58 Å². The molecule has 8 aromatic carbocycles. The topological polar surface area (TPSA) is 21.3 Å². The SMILES string of the molecule is c1ccc(-c2cccc(N(c3ccc(-n4c5ccccc5c5c6ccccc6ccc54)cc3)c3cccc4c3oc3ccccc34)c2)cc1. The minimum absolute atomic E-state index is 0.868. The third-order valence-corrected chi connectivity index (χ3v) is 9.76. The molecule has 0 saturated carbocycles. The second kappa shape index (κ2) is 11.0. The van der Waals surface area contributed by atoms with Crippen molar-refractivity contribution in [2.75, 3.05) is 4.90 Å². The van der Waals surface area contributed by atoms with Crippen LogP contribution >= 0.6 is 0 Å². The van der Waals surface area contributed by atoms with Crippen molar-refractivity contribution < 1.29 is 4.42 Å². The first-order chi connectivity index (χ1) is 24.3. The number of nitrogens with zero attached hydrogens (tertiary/aromatic N) is 2. The van der Waals surface area contributed by atoms with E-state index in [4.69, 9.17) is 4.42 Å². The number of hydrogen-bond acceptors (Lipinski definition) is 2. The van der Waals surface area contributed by atoms with Crippen LogP contribution in [0.25, 0.3) is 71.3 Å². The maximum atomic E-state index is 6.59. The molecule has 0 fully saturated rings. The molecule has 49 heavy (non-hydrogen) atoms. The monoisotopic (exact) mass is 626 g/mol. The van der Waals surface area contributed by atoms with Crippen LogP contribution < -0.4 is 4.90 Å². The lowest BCUT2D eigenvalue weighted by atomic mass is 10.0. The molecule has 3 nitrogen and oxygen atoms in total. The van der Waals surface area contributed by atoms with Gasteiger partial charge in [0.05, 0.1) is 16.7 Å². The van der Waals surface area contributed by atoms with Gasteiger partial charge in [-0.05, 0) is 82.6 Å². The fourth-order valence-corrected chi connectivity index (χ4v) is 7.56. The van der Waals surface area contributed by atoms with Gasteiger partial charge in [-0.2, -0.15) is 0 Å². The molecular weight excluding hydrogens is 597 g/mol. The van der Waals surface area contributed by atoms with Crippen LogP contribution in [-0.2, 0) is 0 Å². The van der Waals surface area contributed by atoms with E-state index in [-0.39, 0.29) is 0 Å². The predicted octanol–water partition coefficient (Wildman–Crippen LogP) is 13.0. The molecule has 0 aliphatic heterocycles. The highest BCUT2D eigenvalue weighted by Gasteiger charge is 2.21. The van der Waals surface area contributed by atoms with Gasteiger partial charge >= 0.3 is 0 Å². The Hall–Kier alpha value is -6.58. The Bertz CT molecular complexity index is 2830. The van der Waals surface area contributed by atoms with Crippen molar-refractivity contribution in [2.45, 2.75) is 0 Å². The van der Waals surface area contributed by atoms with Crippen LogP contribution in [0.2, 0.25) is 0 Å². The zero-order valence-corrected chi connectivity index (χ0v) is 26.6. The molecule has 10 aromatic rings. The summed E-state index contributed by atoms with van der Waals surface area (Å²) in [4.78, 5) is 2.32. The Morgan fingerprint density at radius 2 is 1.12 bits per heavy atom. The highest BCUT2D eigenvalue weighted by Crippen LogP contribution is 2.43. The minimum Gasteiger partial charge on any atom is -0.454 e. The zero-order valence-electron chi connectivity index (χ0n) is 26.6. The standard InChI is InChI=1S/C46H30N2O/c1-2-12-31(13-3-1)33-15-10-16-36(30-33)47(43-22-11-20-39-38-18-7-9-23-44(38)49-46(39)43)34-25-27-35(28-26-34)48-41-21-8-6-19-40(41)45-37-17-5-4-14-32(37)24-29-42(45)48/h1-30H. The second-order valence-corrected chi connectivity index (χ2v) is 12.6. The fraction of sp³-hybridized carbons (Fsp3) is 0. The number of anilines is 3. The quantitative estimate of drug-likeness (QED) is 0.190. The van der Waals surface area contributed by atoms with Crippen molar-refractivity contribution in [2.24, 2.45) is 0 Å². The van der Waals surface area contributed by atoms with Crippen LogP contribution in [0.4, 0.5) is 17.1 Å². The molecule has 3 heteroatoms. The lowest BCUT2D eigenvalue weighted by Gasteiger charge is -2.26. The van der Waals surface area contributed by atoms with Gasteiger partial charge in [0.15, 0.2) is 5.58 Å². The molecule has 0 bridgehead atoms. The summed E-state index contributed by atoms with van der Waals surface area (Å²) in [6.07, 6.45) is 0. The molecule has 0 radical (unpaired) electrons. The first-order valence-electron chi connectivity index (χ1n) is 16.7. The van der Waals surface area contributed by atoms with Gasteiger partial charge in [0, 0.05) is 38.6 Å². The molecule has 0 aliphatic carbocycles. The zero-order chi connectivity index (χ0) is 32.3. The van der Waals surface area contributed by atoms with Gasteiger partial charge in [-0.15, -0.1) is 0 Å². The van der Waals surface area contributed by atoms with Crippen LogP contribution in [-0.4, -0.2) is 4.57 Å². The molecule has 0 saturated heterocycles. The van der Waals surface area contributed by atoms with Crippen molar-refractivity contribution in [3.63, 3.8) is 0 Å². The first kappa shape index (κ1) is 27.5. The van der Waals surface area contributed by atoms with E-state index >= 15 is 0 Å². The molecule has 10 rings (SSSR count). The molecular formula is C46H30N2O. The summed E-state index contributed by atoms with van der Waals surface area (Å²) in [5.41, 5.74) is 10.7. The minimum atomic E-state index is 0.868. The Balaban J connectivity index is 1.18. The second-order valence-electron chi connectivity index (χ2n) is 12.6. The number of rotatable bonds is 5. The number of aromatic nitrogens is 1. The van der Waals surface area contributed by atoms with Crippen LogP contribution in [0.1, 0.15) is 0 Å². The van der Waals surface area contributed by atoms with Gasteiger partial charge in [-0.25, -0.2) is 0 Å². The highest BCUT2D eigenvalue weighted by atomic mass is 16.3. The van der Waals surface area contributed by atoms with Gasteiger partial charge in [0.2, 0.25) is 0 Å². The van der Waals surface area contributed by atoms with E-state index in [0.717, 1.165) is 50.3 Å². The van der Waals surface area contributed by atoms with E-state index in [0.29, 0.717) is 0 Å². The predicted molar refractivity (Wildman–Crippen MR) is 206 cm³/mol. The maximum Gasteiger partial charge on any atom is 0.159 e. The Morgan fingerprint density at radius 1 is 0.429 bits per heavy atom. The molecule has 0 amide bonds. The number of para-hydroxylation sites is 3. The van der Waals surface area contributed by atoms with E-state index in [1.54, 1.807) is 0 Å². The Morgan fingerprint density at radius 3 is 2.00 bits per heavy atom. The number of furan rings is 1. The van der Waals surface area contributed by atoms with Gasteiger partial charge in [0.25, 0.3) is 0 Å². The largest absolute Gasteiger partial charge is 0.454 e. The molecule has 2 heterocycles. The van der Waals surface area contributed by atoms with Crippen LogP contribution in [0.3, 0.4) is 0 Å². The Kier molecular flexibility index (Phi) is 6.18. The van der Waals surface area contributed by atoms with Gasteiger partial charge < -0.3 is 13.9 Å². The third-order valence-electron chi connectivity index (χ3n) is 9.76. The molecule has 0 N–H and O–H groups in total. The molecule has 0 unspecified atom stereocenters. The molecule has 0 aliphatic rings. The van der Waals surface area contributed by atoms with E-state index < -0.39 is 0 Å². The van der Waals surface area contributed by atoms with Crippen LogP contribution in [0.15, 0.2) is 186 Å². The van der Waals surface area contributed by atoms with Crippen molar-refractivity contribution in [3.8, 4) is 16.8 Å². The fourth-order valence-electron chi connectivity index (χ4n) is 7.56. The summed E-state index contributed by atoms with van der Waals surface area (Å²) in [5, 5.41) is 7.29. The smallest absolute Gasteiger partial charge is 0.159 e. The number of hydrogen-bond donors (Lipinski definition) is 0. The lowest BCUT2D eigenvalue weighted by Crippen LogP contribution is -2.10. The highest BCUT2D eigenvalue weighted by molar-refractivity contribution is 6.21. The average molecular weight is 627 g/mol. The van der Waals surface area contributed by atoms with Gasteiger partial charge in [-0.3, -0.25) is 0 Å². The van der Waals surface area contributed by atoms with E-state index in [1.165, 1.54) is 38.1 Å². The lowest BCUT2D eigenvalue weighted by molar-refractivity contribution is 0.669. The molecule has 0 atom stereocenters. The van der Waals surface area contributed by atoms with Crippen LogP contribution in [0.5, 0.6) is 0 Å². The summed E-state index contributed by atoms with van der Waals surface area (Å²) in [5.74, 6) is 0. The van der Waals surface area contributed by atoms with Crippen molar-refractivity contribution in [1.29, 1.82) is 0 Å². The van der Waals surface area contributed by atoms with E-state index in [1.807, 2.05) is 12.1 Å². The van der Waals surface area contributed by atoms with Crippen molar-refractivity contribution >= 4 is 71.6 Å². The number of benzene rings is 8. The maximum absolute atomic E-state index is 6.59. The van der Waals surface area contributed by atoms with Crippen molar-refractivity contribution in [1.82, 2.24) is 4.57 Å². The van der Waals surface area contributed by atoms with Gasteiger partial charge in [-0.1, -0.05) is 121 Å². The van der Waals surface area contributed by atoms with Crippen molar-refractivity contribution in [3.05, 3.63) is 182 Å².